The molecule has 3 heterocycles. The summed E-state index contributed by atoms with van der Waals surface area (Å²) in [5.74, 6) is 0.535. The summed E-state index contributed by atoms with van der Waals surface area (Å²) in [6.07, 6.45) is 4.85. The molecule has 1 aromatic heterocycles. The second kappa shape index (κ2) is 7.29. The summed E-state index contributed by atoms with van der Waals surface area (Å²) in [6, 6.07) is 6.17. The number of ether oxygens (including phenoxy) is 1. The van der Waals surface area contributed by atoms with Gasteiger partial charge in [0.2, 0.25) is 5.95 Å². The number of anilines is 1. The van der Waals surface area contributed by atoms with Crippen molar-refractivity contribution >= 4 is 23.5 Å². The standard InChI is InChI=1S/C21H20ClN5O2/c22-14-5-12-7-15(8-17(12)13(6-14)9-23)25-21-24-10-18-19(26-21)11-27(20(18)28)16-1-3-29-4-2-16/h5-6,10,15-16H,1-4,7-8,11H2,(H,24,25,26). The van der Waals surface area contributed by atoms with Gasteiger partial charge in [-0.3, -0.25) is 4.79 Å². The van der Waals surface area contributed by atoms with Crippen LogP contribution in [-0.2, 0) is 24.1 Å². The molecule has 29 heavy (non-hydrogen) atoms. The first-order valence-corrected chi connectivity index (χ1v) is 10.2. The second-order valence-corrected chi connectivity index (χ2v) is 8.22. The smallest absolute Gasteiger partial charge is 0.257 e. The van der Waals surface area contributed by atoms with Gasteiger partial charge in [-0.2, -0.15) is 5.26 Å². The number of hydrogen-bond donors (Lipinski definition) is 1. The van der Waals surface area contributed by atoms with E-state index in [1.54, 1.807) is 12.3 Å². The minimum atomic E-state index is 0.0139. The largest absolute Gasteiger partial charge is 0.381 e. The fraction of sp³-hybridized carbons (Fsp3) is 0.429. The number of carbonyl (C=O) groups excluding carboxylic acids is 1. The molecule has 1 atom stereocenters. The Morgan fingerprint density at radius 3 is 2.90 bits per heavy atom. The predicted molar refractivity (Wildman–Crippen MR) is 107 cm³/mol. The number of halogens is 1. The minimum absolute atomic E-state index is 0.0139. The highest BCUT2D eigenvalue weighted by Crippen LogP contribution is 2.31. The molecule has 1 aromatic carbocycles. The number of benzene rings is 1. The summed E-state index contributed by atoms with van der Waals surface area (Å²) < 4.78 is 5.41. The summed E-state index contributed by atoms with van der Waals surface area (Å²) >= 11 is 6.13. The summed E-state index contributed by atoms with van der Waals surface area (Å²) in [6.45, 7) is 1.91. The third-order valence-electron chi connectivity index (χ3n) is 5.99. The molecule has 2 aromatic rings. The maximum Gasteiger partial charge on any atom is 0.257 e. The van der Waals surface area contributed by atoms with Crippen LogP contribution in [0.2, 0.25) is 5.02 Å². The highest BCUT2D eigenvalue weighted by molar-refractivity contribution is 6.30. The molecule has 1 unspecified atom stereocenters. The lowest BCUT2D eigenvalue weighted by Gasteiger charge is -2.30. The van der Waals surface area contributed by atoms with Crippen LogP contribution in [-0.4, -0.2) is 46.1 Å². The van der Waals surface area contributed by atoms with E-state index in [-0.39, 0.29) is 18.0 Å². The highest BCUT2D eigenvalue weighted by Gasteiger charge is 2.35. The quantitative estimate of drug-likeness (QED) is 0.838. The van der Waals surface area contributed by atoms with E-state index in [0.717, 1.165) is 42.5 Å². The summed E-state index contributed by atoms with van der Waals surface area (Å²) in [5.41, 5.74) is 4.12. The van der Waals surface area contributed by atoms with Gasteiger partial charge in [-0.05, 0) is 48.9 Å². The second-order valence-electron chi connectivity index (χ2n) is 7.78. The molecule has 7 nitrogen and oxygen atoms in total. The summed E-state index contributed by atoms with van der Waals surface area (Å²) in [7, 11) is 0. The molecular weight excluding hydrogens is 390 g/mol. The van der Waals surface area contributed by atoms with Crippen LogP contribution in [0.4, 0.5) is 5.95 Å². The third kappa shape index (κ3) is 3.33. The van der Waals surface area contributed by atoms with Crippen LogP contribution in [0.5, 0.6) is 0 Å². The maximum absolute atomic E-state index is 12.7. The van der Waals surface area contributed by atoms with Crippen molar-refractivity contribution in [2.24, 2.45) is 0 Å². The van der Waals surface area contributed by atoms with Gasteiger partial charge in [-0.25, -0.2) is 9.97 Å². The van der Waals surface area contributed by atoms with E-state index in [0.29, 0.717) is 41.9 Å². The van der Waals surface area contributed by atoms with Crippen LogP contribution in [0.25, 0.3) is 0 Å². The van der Waals surface area contributed by atoms with E-state index in [1.165, 1.54) is 0 Å². The molecule has 0 bridgehead atoms. The molecule has 8 heteroatoms. The van der Waals surface area contributed by atoms with Crippen molar-refractivity contribution in [1.82, 2.24) is 14.9 Å². The number of amides is 1. The van der Waals surface area contributed by atoms with Gasteiger partial charge in [0.1, 0.15) is 0 Å². The molecule has 148 valence electrons. The average Bonchev–Trinajstić information content (AvgIpc) is 3.28. The van der Waals surface area contributed by atoms with Crippen molar-refractivity contribution < 1.29 is 9.53 Å². The molecule has 0 radical (unpaired) electrons. The lowest BCUT2D eigenvalue weighted by molar-refractivity contribution is 0.0302. The molecule has 1 aliphatic carbocycles. The lowest BCUT2D eigenvalue weighted by atomic mass is 10.0. The Hall–Kier alpha value is -2.69. The monoisotopic (exact) mass is 409 g/mol. The van der Waals surface area contributed by atoms with Crippen LogP contribution in [0.3, 0.4) is 0 Å². The van der Waals surface area contributed by atoms with Crippen molar-refractivity contribution in [3.05, 3.63) is 51.3 Å². The SMILES string of the molecule is N#Cc1cc(Cl)cc2c1CC(Nc1ncc3c(n1)CN(C1CCOCC1)C3=O)C2. The van der Waals surface area contributed by atoms with Crippen LogP contribution >= 0.6 is 11.6 Å². The number of nitriles is 1. The van der Waals surface area contributed by atoms with E-state index in [9.17, 15) is 10.1 Å². The first-order chi connectivity index (χ1) is 14.1. The molecule has 0 spiro atoms. The fourth-order valence-electron chi connectivity index (χ4n) is 4.55. The lowest BCUT2D eigenvalue weighted by Crippen LogP contribution is -2.39. The number of rotatable bonds is 3. The van der Waals surface area contributed by atoms with Crippen molar-refractivity contribution in [2.75, 3.05) is 18.5 Å². The molecule has 1 amide bonds. The van der Waals surface area contributed by atoms with E-state index >= 15 is 0 Å². The number of aromatic nitrogens is 2. The predicted octanol–water partition coefficient (Wildman–Crippen LogP) is 2.72. The Labute approximate surface area is 173 Å². The van der Waals surface area contributed by atoms with Crippen molar-refractivity contribution in [2.45, 2.75) is 44.3 Å². The molecule has 5 rings (SSSR count). The third-order valence-corrected chi connectivity index (χ3v) is 6.21. The Morgan fingerprint density at radius 1 is 1.28 bits per heavy atom. The summed E-state index contributed by atoms with van der Waals surface area (Å²) in [5, 5.41) is 13.3. The molecule has 1 saturated heterocycles. The molecular formula is C21H20ClN5O2. The Balaban J connectivity index is 1.31. The van der Waals surface area contributed by atoms with Gasteiger partial charge in [-0.1, -0.05) is 11.6 Å². The van der Waals surface area contributed by atoms with Gasteiger partial charge >= 0.3 is 0 Å². The maximum atomic E-state index is 12.7. The van der Waals surface area contributed by atoms with Gasteiger partial charge in [0.05, 0.1) is 29.4 Å². The number of nitrogens with zero attached hydrogens (tertiary/aromatic N) is 4. The minimum Gasteiger partial charge on any atom is -0.381 e. The van der Waals surface area contributed by atoms with Gasteiger partial charge in [0.25, 0.3) is 5.91 Å². The molecule has 3 aliphatic rings. The zero-order valence-corrected chi connectivity index (χ0v) is 16.6. The summed E-state index contributed by atoms with van der Waals surface area (Å²) in [4.78, 5) is 23.7. The van der Waals surface area contributed by atoms with Gasteiger partial charge < -0.3 is 15.0 Å². The first-order valence-electron chi connectivity index (χ1n) is 9.85. The van der Waals surface area contributed by atoms with Gasteiger partial charge in [0.15, 0.2) is 0 Å². The van der Waals surface area contributed by atoms with Crippen LogP contribution in [0, 0.1) is 11.3 Å². The number of carbonyl (C=O) groups is 1. The number of nitrogens with one attached hydrogen (secondary N) is 1. The Bertz CT molecular complexity index is 1030. The number of fused-ring (bicyclic) bond motifs is 2. The molecule has 2 aliphatic heterocycles. The van der Waals surface area contributed by atoms with Gasteiger partial charge in [-0.15, -0.1) is 0 Å². The average molecular weight is 410 g/mol. The van der Waals surface area contributed by atoms with Crippen LogP contribution in [0.1, 0.15) is 45.6 Å². The zero-order chi connectivity index (χ0) is 20.0. The highest BCUT2D eigenvalue weighted by atomic mass is 35.5. The molecule has 1 N–H and O–H groups in total. The number of hydrogen-bond acceptors (Lipinski definition) is 6. The molecule has 0 saturated carbocycles. The van der Waals surface area contributed by atoms with Crippen LogP contribution < -0.4 is 5.32 Å². The van der Waals surface area contributed by atoms with Gasteiger partial charge in [0, 0.05) is 36.5 Å². The fourth-order valence-corrected chi connectivity index (χ4v) is 4.79. The normalized spacial score (nSPS) is 21.0. The van der Waals surface area contributed by atoms with Crippen molar-refractivity contribution in [3.8, 4) is 6.07 Å². The first kappa shape index (κ1) is 18.3. The Kier molecular flexibility index (Phi) is 4.61. The van der Waals surface area contributed by atoms with E-state index < -0.39 is 0 Å². The topological polar surface area (TPSA) is 91.1 Å². The van der Waals surface area contributed by atoms with E-state index in [4.69, 9.17) is 16.3 Å². The van der Waals surface area contributed by atoms with Crippen LogP contribution in [0.15, 0.2) is 18.3 Å². The van der Waals surface area contributed by atoms with E-state index in [2.05, 4.69) is 21.4 Å². The van der Waals surface area contributed by atoms with E-state index in [1.807, 2.05) is 11.0 Å². The van der Waals surface area contributed by atoms with Crippen molar-refractivity contribution in [1.29, 1.82) is 5.26 Å². The van der Waals surface area contributed by atoms with Crippen molar-refractivity contribution in [3.63, 3.8) is 0 Å². The Morgan fingerprint density at radius 2 is 2.10 bits per heavy atom. The zero-order valence-electron chi connectivity index (χ0n) is 15.8. The molecule has 1 fully saturated rings.